The van der Waals surface area contributed by atoms with Gasteiger partial charge in [-0.25, -0.2) is 0 Å². The third kappa shape index (κ3) is 4.80. The van der Waals surface area contributed by atoms with Crippen LogP contribution in [0.4, 0.5) is 0 Å². The molecule has 0 unspecified atom stereocenters. The molecule has 0 aliphatic heterocycles. The Hall–Kier alpha value is -7.46. The minimum Gasteiger partial charge on any atom is -0.455 e. The van der Waals surface area contributed by atoms with Crippen molar-refractivity contribution in [3.8, 4) is 44.7 Å². The molecule has 0 bridgehead atoms. The summed E-state index contributed by atoms with van der Waals surface area (Å²) in [4.78, 5) is 0. The Kier molecular flexibility index (Phi) is 6.92. The number of hydrogen-bond donors (Lipinski definition) is 0. The predicted octanol–water partition coefficient (Wildman–Crippen LogP) is 16.8. The third-order valence-corrected chi connectivity index (χ3v) is 13.4. The quantitative estimate of drug-likeness (QED) is 0.167. The van der Waals surface area contributed by atoms with Crippen LogP contribution in [-0.4, -0.2) is 0 Å². The number of thiophene rings is 1. The van der Waals surface area contributed by atoms with Crippen LogP contribution in [0.5, 0.6) is 0 Å². The van der Waals surface area contributed by atoms with Crippen molar-refractivity contribution < 1.29 is 8.83 Å². The highest BCUT2D eigenvalue weighted by Crippen LogP contribution is 2.52. The maximum Gasteiger partial charge on any atom is 0.144 e. The van der Waals surface area contributed by atoms with E-state index in [1.807, 2.05) is 11.3 Å². The van der Waals surface area contributed by atoms with E-state index in [1.165, 1.54) is 63.6 Å². The lowest BCUT2D eigenvalue weighted by Crippen LogP contribution is -1.91. The maximum absolute atomic E-state index is 7.22. The first-order valence-electron chi connectivity index (χ1n) is 20.1. The van der Waals surface area contributed by atoms with E-state index in [2.05, 4.69) is 194 Å². The summed E-state index contributed by atoms with van der Waals surface area (Å²) in [5.74, 6) is 0.849. The lowest BCUT2D eigenvalue weighted by molar-refractivity contribution is 0.632. The average Bonchev–Trinajstić information content (AvgIpc) is 3.99. The predicted molar refractivity (Wildman–Crippen MR) is 251 cm³/mol. The summed E-state index contributed by atoms with van der Waals surface area (Å²) in [6, 6.07) is 70.0. The van der Waals surface area contributed by atoms with Crippen LogP contribution in [0.1, 0.15) is 0 Å². The second-order valence-corrected chi connectivity index (χ2v) is 16.6. The summed E-state index contributed by atoms with van der Waals surface area (Å²) in [6.45, 7) is 0. The van der Waals surface area contributed by atoms with Crippen molar-refractivity contribution in [2.45, 2.75) is 0 Å². The van der Waals surface area contributed by atoms with Crippen molar-refractivity contribution in [3.63, 3.8) is 0 Å². The number of benzene rings is 10. The molecule has 13 aromatic rings. The van der Waals surface area contributed by atoms with Gasteiger partial charge in [0.1, 0.15) is 22.5 Å². The van der Waals surface area contributed by atoms with Crippen molar-refractivity contribution in [3.05, 3.63) is 194 Å². The molecule has 3 heterocycles. The molecule has 0 aliphatic carbocycles. The van der Waals surface area contributed by atoms with Crippen LogP contribution in [0.25, 0.3) is 130 Å². The van der Waals surface area contributed by atoms with Crippen molar-refractivity contribution in [2.75, 3.05) is 0 Å². The average molecular weight is 769 g/mol. The number of fused-ring (bicyclic) bond motifs is 11. The molecule has 59 heavy (non-hydrogen) atoms. The van der Waals surface area contributed by atoms with Crippen molar-refractivity contribution >= 4 is 96.7 Å². The summed E-state index contributed by atoms with van der Waals surface area (Å²) in [7, 11) is 0. The van der Waals surface area contributed by atoms with Crippen LogP contribution in [0.15, 0.2) is 203 Å². The highest BCUT2D eigenvalue weighted by atomic mass is 32.1. The summed E-state index contributed by atoms with van der Waals surface area (Å²) in [5.41, 5.74) is 10.4. The molecule has 3 aromatic heterocycles. The number of hydrogen-bond acceptors (Lipinski definition) is 3. The topological polar surface area (TPSA) is 26.3 Å². The molecule has 0 atom stereocenters. The Morgan fingerprint density at radius 1 is 0.322 bits per heavy atom. The molecule has 0 amide bonds. The van der Waals surface area contributed by atoms with Gasteiger partial charge >= 0.3 is 0 Å². The van der Waals surface area contributed by atoms with Gasteiger partial charge < -0.3 is 8.83 Å². The molecule has 274 valence electrons. The van der Waals surface area contributed by atoms with E-state index in [0.717, 1.165) is 66.5 Å². The molecular weight excluding hydrogens is 737 g/mol. The van der Waals surface area contributed by atoms with Gasteiger partial charge in [-0.3, -0.25) is 0 Å². The van der Waals surface area contributed by atoms with Crippen LogP contribution in [0.2, 0.25) is 0 Å². The van der Waals surface area contributed by atoms with Crippen molar-refractivity contribution in [1.82, 2.24) is 0 Å². The molecule has 0 saturated heterocycles. The second-order valence-electron chi connectivity index (χ2n) is 15.5. The number of para-hydroxylation sites is 1. The lowest BCUT2D eigenvalue weighted by atomic mass is 9.85. The zero-order valence-corrected chi connectivity index (χ0v) is 32.5. The number of rotatable bonds is 4. The van der Waals surface area contributed by atoms with Gasteiger partial charge in [0.25, 0.3) is 0 Å². The zero-order chi connectivity index (χ0) is 38.6. The first kappa shape index (κ1) is 32.6. The first-order valence-corrected chi connectivity index (χ1v) is 20.9. The summed E-state index contributed by atoms with van der Waals surface area (Å²) >= 11 is 1.86. The van der Waals surface area contributed by atoms with E-state index in [-0.39, 0.29) is 0 Å². The summed E-state index contributed by atoms with van der Waals surface area (Å²) < 4.78 is 16.9. The Morgan fingerprint density at radius 2 is 0.932 bits per heavy atom. The van der Waals surface area contributed by atoms with Gasteiger partial charge in [0.2, 0.25) is 0 Å². The van der Waals surface area contributed by atoms with E-state index < -0.39 is 0 Å². The molecule has 10 aromatic carbocycles. The Bertz CT molecular complexity index is 3790. The Morgan fingerprint density at radius 3 is 1.71 bits per heavy atom. The minimum absolute atomic E-state index is 0.827. The molecule has 13 rings (SSSR count). The largest absolute Gasteiger partial charge is 0.455 e. The molecule has 0 saturated carbocycles. The molecule has 2 nitrogen and oxygen atoms in total. The van der Waals surface area contributed by atoms with E-state index >= 15 is 0 Å². The highest BCUT2D eigenvalue weighted by molar-refractivity contribution is 7.25. The van der Waals surface area contributed by atoms with Gasteiger partial charge in [0, 0.05) is 58.6 Å². The lowest BCUT2D eigenvalue weighted by Gasteiger charge is -2.18. The first-order chi connectivity index (χ1) is 29.3. The van der Waals surface area contributed by atoms with Gasteiger partial charge in [-0.2, -0.15) is 0 Å². The Labute approximate surface area is 342 Å². The summed E-state index contributed by atoms with van der Waals surface area (Å²) in [6.07, 6.45) is 0. The molecule has 0 N–H and O–H groups in total. The fraction of sp³-hybridized carbons (Fsp3) is 0. The van der Waals surface area contributed by atoms with Crippen molar-refractivity contribution in [2.24, 2.45) is 0 Å². The van der Waals surface area contributed by atoms with Crippen LogP contribution < -0.4 is 0 Å². The maximum atomic E-state index is 7.22. The third-order valence-electron chi connectivity index (χ3n) is 12.2. The normalized spacial score (nSPS) is 12.1. The molecule has 0 fully saturated rings. The molecule has 3 heteroatoms. The van der Waals surface area contributed by atoms with Crippen LogP contribution in [0.3, 0.4) is 0 Å². The molecule has 0 aliphatic rings. The molecule has 0 radical (unpaired) electrons. The van der Waals surface area contributed by atoms with Crippen molar-refractivity contribution in [1.29, 1.82) is 0 Å². The summed E-state index contributed by atoms with van der Waals surface area (Å²) in [5, 5.41) is 12.9. The van der Waals surface area contributed by atoms with E-state index in [9.17, 15) is 0 Å². The molecule has 0 spiro atoms. The van der Waals surface area contributed by atoms with Crippen LogP contribution in [0, 0.1) is 0 Å². The number of furan rings is 2. The fourth-order valence-electron chi connectivity index (χ4n) is 9.69. The van der Waals surface area contributed by atoms with E-state index in [1.54, 1.807) is 0 Å². The second kappa shape index (κ2) is 12.5. The highest BCUT2D eigenvalue weighted by Gasteiger charge is 2.27. The standard InChI is InChI=1S/C56H32O2S/c1-2-15-34(16-3-1)51-54-47(58-55(51)37-27-26-33-14-4-5-17-35(33)30-37)32-45(56-53(54)44-23-10-12-24-46(44)57-56)52-42-21-8-6-19-40(42)50(41-20-7-9-22-43(41)52)36-28-29-39-38-18-11-13-25-48(38)59-49(39)31-36/h1-32H. The fourth-order valence-corrected chi connectivity index (χ4v) is 10.8. The zero-order valence-electron chi connectivity index (χ0n) is 31.7. The van der Waals surface area contributed by atoms with Gasteiger partial charge in [0.15, 0.2) is 0 Å². The van der Waals surface area contributed by atoms with Gasteiger partial charge in [0.05, 0.1) is 0 Å². The smallest absolute Gasteiger partial charge is 0.144 e. The minimum atomic E-state index is 0.827. The van der Waals surface area contributed by atoms with Gasteiger partial charge in [-0.15, -0.1) is 11.3 Å². The van der Waals surface area contributed by atoms with E-state index in [4.69, 9.17) is 8.83 Å². The van der Waals surface area contributed by atoms with Crippen LogP contribution >= 0.6 is 11.3 Å². The Balaban J connectivity index is 1.15. The monoisotopic (exact) mass is 768 g/mol. The van der Waals surface area contributed by atoms with E-state index in [0.29, 0.717) is 0 Å². The van der Waals surface area contributed by atoms with Gasteiger partial charge in [-0.05, 0) is 79.3 Å². The SMILES string of the molecule is c1ccc(-c2c(-c3ccc4ccccc4c3)oc3cc(-c4c5ccccc5c(-c5ccc6c(c5)sc5ccccc56)c5ccccc45)c4oc5ccccc5c4c23)cc1. The molecular formula is C56H32O2S. The van der Waals surface area contributed by atoms with Crippen LogP contribution in [-0.2, 0) is 0 Å². The van der Waals surface area contributed by atoms with Gasteiger partial charge in [-0.1, -0.05) is 164 Å².